The quantitative estimate of drug-likeness (QED) is 0.825. The third-order valence-corrected chi connectivity index (χ3v) is 6.16. The summed E-state index contributed by atoms with van der Waals surface area (Å²) in [5.41, 5.74) is 1.28. The van der Waals surface area contributed by atoms with Crippen LogP contribution in [-0.4, -0.2) is 39.1 Å². The van der Waals surface area contributed by atoms with E-state index in [9.17, 15) is 0 Å². The van der Waals surface area contributed by atoms with Crippen LogP contribution >= 0.6 is 12.2 Å². The summed E-state index contributed by atoms with van der Waals surface area (Å²) in [5, 5.41) is 4.66. The number of hydrogen-bond acceptors (Lipinski definition) is 2. The van der Waals surface area contributed by atoms with Gasteiger partial charge in [-0.15, -0.1) is 0 Å². The molecule has 114 valence electrons. The lowest BCUT2D eigenvalue weighted by Crippen LogP contribution is -2.48. The standard InChI is InChI=1S/C16H24N4S/c21-16(19-14-8-11-1-2-13(14)7-11)20-5-3-12(4-6-20)15-9-17-10-18-15/h9-14H,1-8H2,(H,17,18)(H,19,21)/t11-,13+,14+/m0/s1. The predicted molar refractivity (Wildman–Crippen MR) is 87.1 cm³/mol. The summed E-state index contributed by atoms with van der Waals surface area (Å²) < 4.78 is 0. The van der Waals surface area contributed by atoms with Crippen molar-refractivity contribution in [3.05, 3.63) is 18.2 Å². The average molecular weight is 304 g/mol. The Hall–Kier alpha value is -1.10. The molecule has 2 aliphatic carbocycles. The lowest BCUT2D eigenvalue weighted by molar-refractivity contribution is 0.296. The first kappa shape index (κ1) is 13.6. The Labute approximate surface area is 131 Å². The molecular formula is C16H24N4S. The molecule has 4 rings (SSSR count). The molecule has 1 saturated heterocycles. The zero-order valence-corrected chi connectivity index (χ0v) is 13.2. The number of rotatable bonds is 2. The number of nitrogens with zero attached hydrogens (tertiary/aromatic N) is 2. The molecule has 1 aliphatic heterocycles. The molecule has 5 heteroatoms. The van der Waals surface area contributed by atoms with E-state index in [0.29, 0.717) is 12.0 Å². The SMILES string of the molecule is S=C(N[C@@H]1C[C@H]2CC[C@@H]1C2)N1CCC(c2cnc[nH]2)CC1. The van der Waals surface area contributed by atoms with Gasteiger partial charge in [-0.3, -0.25) is 0 Å². The van der Waals surface area contributed by atoms with Gasteiger partial charge in [-0.2, -0.15) is 0 Å². The zero-order valence-electron chi connectivity index (χ0n) is 12.4. The summed E-state index contributed by atoms with van der Waals surface area (Å²) in [6.45, 7) is 2.13. The van der Waals surface area contributed by atoms with Gasteiger partial charge in [0.2, 0.25) is 0 Å². The van der Waals surface area contributed by atoms with Crippen molar-refractivity contribution in [1.29, 1.82) is 0 Å². The second-order valence-electron chi connectivity index (χ2n) is 7.00. The second kappa shape index (κ2) is 5.59. The topological polar surface area (TPSA) is 44.0 Å². The Balaban J connectivity index is 1.29. The minimum Gasteiger partial charge on any atom is -0.360 e. The summed E-state index contributed by atoms with van der Waals surface area (Å²) in [4.78, 5) is 9.75. The van der Waals surface area contributed by atoms with E-state index in [2.05, 4.69) is 20.2 Å². The first-order chi connectivity index (χ1) is 10.3. The van der Waals surface area contributed by atoms with Crippen LogP contribution in [0.15, 0.2) is 12.5 Å². The molecule has 1 aromatic rings. The largest absolute Gasteiger partial charge is 0.360 e. The zero-order chi connectivity index (χ0) is 14.2. The third-order valence-electron chi connectivity index (χ3n) is 5.79. The van der Waals surface area contributed by atoms with Gasteiger partial charge in [0.05, 0.1) is 6.33 Å². The molecular weight excluding hydrogens is 280 g/mol. The summed E-state index contributed by atoms with van der Waals surface area (Å²) in [6, 6.07) is 0.654. The van der Waals surface area contributed by atoms with Crippen LogP contribution in [0.1, 0.15) is 50.1 Å². The van der Waals surface area contributed by atoms with Gasteiger partial charge in [0.15, 0.2) is 5.11 Å². The van der Waals surface area contributed by atoms with E-state index in [1.807, 2.05) is 6.20 Å². The molecule has 0 radical (unpaired) electrons. The molecule has 2 bridgehead atoms. The van der Waals surface area contributed by atoms with E-state index in [1.165, 1.54) is 44.2 Å². The molecule has 0 amide bonds. The highest BCUT2D eigenvalue weighted by Gasteiger charge is 2.40. The van der Waals surface area contributed by atoms with Crippen molar-refractivity contribution in [2.75, 3.05) is 13.1 Å². The number of H-pyrrole nitrogens is 1. The summed E-state index contributed by atoms with van der Waals surface area (Å²) >= 11 is 5.66. The van der Waals surface area contributed by atoms with Crippen LogP contribution in [0.5, 0.6) is 0 Å². The summed E-state index contributed by atoms with van der Waals surface area (Å²) in [7, 11) is 0. The Morgan fingerprint density at radius 2 is 2.10 bits per heavy atom. The van der Waals surface area contributed by atoms with E-state index < -0.39 is 0 Å². The van der Waals surface area contributed by atoms with Crippen LogP contribution in [0.25, 0.3) is 0 Å². The third kappa shape index (κ3) is 2.68. The number of imidazole rings is 1. The van der Waals surface area contributed by atoms with E-state index in [0.717, 1.165) is 30.0 Å². The lowest BCUT2D eigenvalue weighted by Gasteiger charge is -2.35. The maximum absolute atomic E-state index is 5.66. The van der Waals surface area contributed by atoms with Crippen molar-refractivity contribution < 1.29 is 0 Å². The van der Waals surface area contributed by atoms with Crippen molar-refractivity contribution in [1.82, 2.24) is 20.2 Å². The smallest absolute Gasteiger partial charge is 0.169 e. The van der Waals surface area contributed by atoms with Gasteiger partial charge in [0.1, 0.15) is 0 Å². The van der Waals surface area contributed by atoms with Crippen LogP contribution < -0.4 is 5.32 Å². The number of aromatic amines is 1. The molecule has 3 fully saturated rings. The van der Waals surface area contributed by atoms with Crippen molar-refractivity contribution in [2.24, 2.45) is 11.8 Å². The normalized spacial score (nSPS) is 32.6. The number of likely N-dealkylation sites (tertiary alicyclic amines) is 1. The lowest BCUT2D eigenvalue weighted by atomic mass is 9.94. The summed E-state index contributed by atoms with van der Waals surface area (Å²) in [6.07, 6.45) is 11.7. The van der Waals surface area contributed by atoms with Gasteiger partial charge in [0, 0.05) is 36.9 Å². The monoisotopic (exact) mass is 304 g/mol. The van der Waals surface area contributed by atoms with Crippen molar-refractivity contribution in [3.8, 4) is 0 Å². The van der Waals surface area contributed by atoms with Gasteiger partial charge in [0.25, 0.3) is 0 Å². The number of piperidine rings is 1. The molecule has 21 heavy (non-hydrogen) atoms. The van der Waals surface area contributed by atoms with Gasteiger partial charge >= 0.3 is 0 Å². The van der Waals surface area contributed by atoms with Crippen molar-refractivity contribution >= 4 is 17.3 Å². The molecule has 2 heterocycles. The highest BCUT2D eigenvalue weighted by Crippen LogP contribution is 2.44. The fraction of sp³-hybridized carbons (Fsp3) is 0.750. The molecule has 0 unspecified atom stereocenters. The minimum absolute atomic E-state index is 0.619. The van der Waals surface area contributed by atoms with Gasteiger partial charge < -0.3 is 15.2 Å². The Morgan fingerprint density at radius 1 is 1.24 bits per heavy atom. The molecule has 3 aliphatic rings. The van der Waals surface area contributed by atoms with E-state index in [-0.39, 0.29) is 0 Å². The number of fused-ring (bicyclic) bond motifs is 2. The van der Waals surface area contributed by atoms with Gasteiger partial charge in [-0.1, -0.05) is 6.42 Å². The van der Waals surface area contributed by atoms with Crippen LogP contribution in [0.3, 0.4) is 0 Å². The van der Waals surface area contributed by atoms with Crippen LogP contribution in [0.4, 0.5) is 0 Å². The number of thiocarbonyl (C=S) groups is 1. The fourth-order valence-electron chi connectivity index (χ4n) is 4.55. The second-order valence-corrected chi connectivity index (χ2v) is 7.39. The molecule has 0 aromatic carbocycles. The van der Waals surface area contributed by atoms with E-state index >= 15 is 0 Å². The first-order valence-corrected chi connectivity index (χ1v) is 8.74. The van der Waals surface area contributed by atoms with E-state index in [4.69, 9.17) is 12.2 Å². The molecule has 2 N–H and O–H groups in total. The highest BCUT2D eigenvalue weighted by molar-refractivity contribution is 7.80. The minimum atomic E-state index is 0.619. The average Bonchev–Trinajstić information content (AvgIpc) is 3.25. The molecule has 1 aromatic heterocycles. The molecule has 2 saturated carbocycles. The Bertz CT molecular complexity index is 492. The maximum atomic E-state index is 5.66. The van der Waals surface area contributed by atoms with E-state index in [1.54, 1.807) is 6.33 Å². The summed E-state index contributed by atoms with van der Waals surface area (Å²) in [5.74, 6) is 2.48. The fourth-order valence-corrected chi connectivity index (χ4v) is 4.89. The van der Waals surface area contributed by atoms with Gasteiger partial charge in [-0.25, -0.2) is 4.98 Å². The molecule has 3 atom stereocenters. The van der Waals surface area contributed by atoms with Crippen LogP contribution in [-0.2, 0) is 0 Å². The number of aromatic nitrogens is 2. The molecule has 0 spiro atoms. The highest BCUT2D eigenvalue weighted by atomic mass is 32.1. The number of hydrogen-bond donors (Lipinski definition) is 2. The van der Waals surface area contributed by atoms with Crippen molar-refractivity contribution in [3.63, 3.8) is 0 Å². The van der Waals surface area contributed by atoms with Crippen LogP contribution in [0, 0.1) is 11.8 Å². The number of nitrogens with one attached hydrogen (secondary N) is 2. The first-order valence-electron chi connectivity index (χ1n) is 8.33. The Kier molecular flexibility index (Phi) is 3.61. The maximum Gasteiger partial charge on any atom is 0.169 e. The van der Waals surface area contributed by atoms with Crippen molar-refractivity contribution in [2.45, 2.75) is 50.5 Å². The predicted octanol–water partition coefficient (Wildman–Crippen LogP) is 2.65. The van der Waals surface area contributed by atoms with Gasteiger partial charge in [-0.05, 0) is 56.2 Å². The Morgan fingerprint density at radius 3 is 2.71 bits per heavy atom. The molecule has 4 nitrogen and oxygen atoms in total. The van der Waals surface area contributed by atoms with Crippen LogP contribution in [0.2, 0.25) is 0 Å².